The molecule has 0 spiro atoms. The minimum Gasteiger partial charge on any atom is -0.375 e. The van der Waals surface area contributed by atoms with Crippen molar-refractivity contribution in [2.24, 2.45) is 0 Å². The summed E-state index contributed by atoms with van der Waals surface area (Å²) >= 11 is 4.87. The first-order valence-corrected chi connectivity index (χ1v) is 7.33. The number of alkyl halides is 1. The Morgan fingerprint density at radius 3 is 2.65 bits per heavy atom. The highest BCUT2D eigenvalue weighted by Gasteiger charge is 2.01. The monoisotopic (exact) mass is 308 g/mol. The van der Waals surface area contributed by atoms with Gasteiger partial charge in [0.25, 0.3) is 0 Å². The molecule has 0 radical (unpaired) electrons. The number of rotatable bonds is 4. The predicted molar refractivity (Wildman–Crippen MR) is 79.4 cm³/mol. The second-order valence-corrected chi connectivity index (χ2v) is 5.26. The van der Waals surface area contributed by atoms with Crippen LogP contribution in [0.4, 0.5) is 5.13 Å². The number of nitrogens with zero attached hydrogens (tertiary/aromatic N) is 1. The van der Waals surface area contributed by atoms with Crippen molar-refractivity contribution in [3.63, 3.8) is 0 Å². The van der Waals surface area contributed by atoms with Crippen LogP contribution in [0, 0.1) is 0 Å². The lowest BCUT2D eigenvalue weighted by Gasteiger charge is -1.97. The van der Waals surface area contributed by atoms with Crippen LogP contribution in [0.15, 0.2) is 35.7 Å². The quantitative estimate of drug-likeness (QED) is 0.860. The van der Waals surface area contributed by atoms with Gasteiger partial charge in [0.2, 0.25) is 0 Å². The molecule has 0 saturated heterocycles. The molecule has 0 atom stereocenters. The van der Waals surface area contributed by atoms with E-state index in [0.29, 0.717) is 5.13 Å². The zero-order chi connectivity index (χ0) is 12.1. The van der Waals surface area contributed by atoms with Gasteiger partial charge in [-0.3, -0.25) is 0 Å². The van der Waals surface area contributed by atoms with E-state index < -0.39 is 0 Å². The van der Waals surface area contributed by atoms with Gasteiger partial charge in [-0.2, -0.15) is 0 Å². The maximum atomic E-state index is 5.62. The van der Waals surface area contributed by atoms with E-state index in [4.69, 9.17) is 5.73 Å². The SMILES string of the molecule is Nc1nc(-c2ccc(C=CCCBr)cc2)cs1. The van der Waals surface area contributed by atoms with Crippen LogP contribution < -0.4 is 5.73 Å². The number of nitrogen functional groups attached to an aromatic ring is 1. The Balaban J connectivity index is 2.13. The van der Waals surface area contributed by atoms with Crippen molar-refractivity contribution in [2.75, 3.05) is 11.1 Å². The molecular formula is C13H13BrN2S. The second-order valence-electron chi connectivity index (χ2n) is 3.57. The van der Waals surface area contributed by atoms with E-state index in [9.17, 15) is 0 Å². The summed E-state index contributed by atoms with van der Waals surface area (Å²) in [5.74, 6) is 0. The molecule has 4 heteroatoms. The number of halogens is 1. The Bertz CT molecular complexity index is 502. The number of anilines is 1. The van der Waals surface area contributed by atoms with Gasteiger partial charge in [-0.15, -0.1) is 11.3 Å². The fourth-order valence-corrected chi connectivity index (χ4v) is 2.30. The van der Waals surface area contributed by atoms with E-state index in [0.717, 1.165) is 23.0 Å². The summed E-state index contributed by atoms with van der Waals surface area (Å²) in [7, 11) is 0. The molecule has 2 nitrogen and oxygen atoms in total. The van der Waals surface area contributed by atoms with E-state index in [1.807, 2.05) is 5.38 Å². The lowest BCUT2D eigenvalue weighted by Crippen LogP contribution is -1.83. The first-order chi connectivity index (χ1) is 8.29. The van der Waals surface area contributed by atoms with Crippen molar-refractivity contribution in [2.45, 2.75) is 6.42 Å². The molecule has 2 N–H and O–H groups in total. The predicted octanol–water partition coefficient (Wildman–Crippen LogP) is 4.19. The number of benzene rings is 1. The molecule has 0 saturated carbocycles. The Morgan fingerprint density at radius 2 is 2.06 bits per heavy atom. The summed E-state index contributed by atoms with van der Waals surface area (Å²) in [6.45, 7) is 0. The van der Waals surface area contributed by atoms with Crippen LogP contribution in [0.3, 0.4) is 0 Å². The molecule has 17 heavy (non-hydrogen) atoms. The van der Waals surface area contributed by atoms with E-state index in [2.05, 4.69) is 57.3 Å². The normalized spacial score (nSPS) is 11.1. The number of aromatic nitrogens is 1. The minimum atomic E-state index is 0.612. The van der Waals surface area contributed by atoms with Gasteiger partial charge in [-0.05, 0) is 12.0 Å². The molecule has 2 aromatic rings. The Kier molecular flexibility index (Phi) is 4.34. The smallest absolute Gasteiger partial charge is 0.180 e. The highest BCUT2D eigenvalue weighted by Crippen LogP contribution is 2.23. The Hall–Kier alpha value is -1.13. The van der Waals surface area contributed by atoms with Crippen molar-refractivity contribution >= 4 is 38.5 Å². The fraction of sp³-hybridized carbons (Fsp3) is 0.154. The summed E-state index contributed by atoms with van der Waals surface area (Å²) < 4.78 is 0. The number of allylic oxidation sites excluding steroid dienone is 1. The number of nitrogens with two attached hydrogens (primary N) is 1. The Morgan fingerprint density at radius 1 is 1.29 bits per heavy atom. The standard InChI is InChI=1S/C13H13BrN2S/c14-8-2-1-3-10-4-6-11(7-5-10)12-9-17-13(15)16-12/h1,3-7,9H,2,8H2,(H2,15,16). The molecule has 0 fully saturated rings. The van der Waals surface area contributed by atoms with Crippen LogP contribution in [0.1, 0.15) is 12.0 Å². The lowest BCUT2D eigenvalue weighted by atomic mass is 10.1. The van der Waals surface area contributed by atoms with Gasteiger partial charge in [0.05, 0.1) is 5.69 Å². The first-order valence-electron chi connectivity index (χ1n) is 5.33. The number of hydrogen-bond donors (Lipinski definition) is 1. The fourth-order valence-electron chi connectivity index (χ4n) is 1.47. The largest absolute Gasteiger partial charge is 0.375 e. The number of thiazole rings is 1. The van der Waals surface area contributed by atoms with E-state index >= 15 is 0 Å². The lowest BCUT2D eigenvalue weighted by molar-refractivity contribution is 1.27. The van der Waals surface area contributed by atoms with Crippen LogP contribution in [0.25, 0.3) is 17.3 Å². The van der Waals surface area contributed by atoms with Gasteiger partial charge in [0, 0.05) is 16.3 Å². The van der Waals surface area contributed by atoms with Gasteiger partial charge >= 0.3 is 0 Å². The van der Waals surface area contributed by atoms with Gasteiger partial charge in [0.15, 0.2) is 5.13 Å². The third kappa shape index (κ3) is 3.41. The van der Waals surface area contributed by atoms with Crippen LogP contribution in [0.2, 0.25) is 0 Å². The van der Waals surface area contributed by atoms with Crippen molar-refractivity contribution in [3.8, 4) is 11.3 Å². The highest BCUT2D eigenvalue weighted by atomic mass is 79.9. The average molecular weight is 309 g/mol. The van der Waals surface area contributed by atoms with Crippen molar-refractivity contribution in [1.29, 1.82) is 0 Å². The average Bonchev–Trinajstić information content (AvgIpc) is 2.77. The molecular weight excluding hydrogens is 296 g/mol. The number of hydrogen-bond acceptors (Lipinski definition) is 3. The summed E-state index contributed by atoms with van der Waals surface area (Å²) in [6, 6.07) is 8.33. The maximum Gasteiger partial charge on any atom is 0.180 e. The van der Waals surface area contributed by atoms with Gasteiger partial charge in [-0.1, -0.05) is 52.3 Å². The molecule has 1 aromatic carbocycles. The third-order valence-corrected chi connectivity index (χ3v) is 3.45. The van der Waals surface area contributed by atoms with Gasteiger partial charge in [0.1, 0.15) is 0 Å². The topological polar surface area (TPSA) is 38.9 Å². The molecule has 0 aliphatic heterocycles. The van der Waals surface area contributed by atoms with Crippen molar-refractivity contribution in [3.05, 3.63) is 41.3 Å². The van der Waals surface area contributed by atoms with Crippen LogP contribution in [0.5, 0.6) is 0 Å². The van der Waals surface area contributed by atoms with Crippen molar-refractivity contribution in [1.82, 2.24) is 4.98 Å². The van der Waals surface area contributed by atoms with Crippen molar-refractivity contribution < 1.29 is 0 Å². The van der Waals surface area contributed by atoms with Crippen LogP contribution in [-0.4, -0.2) is 10.3 Å². The summed E-state index contributed by atoms with van der Waals surface area (Å²) in [4.78, 5) is 4.26. The summed E-state index contributed by atoms with van der Waals surface area (Å²) in [6.07, 6.45) is 5.33. The Labute approximate surface area is 113 Å². The molecule has 0 amide bonds. The van der Waals surface area contributed by atoms with Gasteiger partial charge < -0.3 is 5.73 Å². The zero-order valence-corrected chi connectivity index (χ0v) is 11.7. The summed E-state index contributed by atoms with van der Waals surface area (Å²) in [5, 5.41) is 3.59. The molecule has 0 bridgehead atoms. The van der Waals surface area contributed by atoms with E-state index in [-0.39, 0.29) is 0 Å². The molecule has 1 heterocycles. The summed E-state index contributed by atoms with van der Waals surface area (Å²) in [5.41, 5.74) is 8.88. The highest BCUT2D eigenvalue weighted by molar-refractivity contribution is 9.09. The molecule has 88 valence electrons. The molecule has 0 unspecified atom stereocenters. The molecule has 0 aliphatic carbocycles. The van der Waals surface area contributed by atoms with Gasteiger partial charge in [-0.25, -0.2) is 4.98 Å². The van der Waals surface area contributed by atoms with E-state index in [1.165, 1.54) is 16.9 Å². The van der Waals surface area contributed by atoms with Crippen LogP contribution in [-0.2, 0) is 0 Å². The zero-order valence-electron chi connectivity index (χ0n) is 9.27. The van der Waals surface area contributed by atoms with E-state index in [1.54, 1.807) is 0 Å². The maximum absolute atomic E-state index is 5.62. The molecule has 0 aliphatic rings. The molecule has 2 rings (SSSR count). The first kappa shape index (κ1) is 12.3. The molecule has 1 aromatic heterocycles. The minimum absolute atomic E-state index is 0.612. The van der Waals surface area contributed by atoms with Crippen LogP contribution >= 0.6 is 27.3 Å². The third-order valence-electron chi connectivity index (χ3n) is 2.31. The second kappa shape index (κ2) is 5.98.